The first-order chi connectivity index (χ1) is 40.5. The molecule has 5 nitrogen and oxygen atoms in total. The third kappa shape index (κ3) is 10.6. The van der Waals surface area contributed by atoms with Crippen LogP contribution in [0.25, 0.3) is 49.9 Å². The summed E-state index contributed by atoms with van der Waals surface area (Å²) >= 11 is 0. The van der Waals surface area contributed by atoms with Crippen LogP contribution in [-0.4, -0.2) is 23.6 Å². The second kappa shape index (κ2) is 22.3. The van der Waals surface area contributed by atoms with Crippen molar-refractivity contribution in [2.45, 2.75) is 78.6 Å². The molecule has 0 saturated heterocycles. The fraction of sp³-hybridized carbons (Fsp3) is 0.154. The molecule has 1 aliphatic heterocycles. The number of fused-ring (bicyclic) bond motifs is 4. The molecule has 7 heteroatoms. The number of para-hydroxylation sites is 1. The number of rotatable bonds is 11. The Morgan fingerprint density at radius 1 is 0.447 bits per heavy atom. The number of benzene rings is 10. The molecule has 13 rings (SSSR count). The molecular weight excluding hydrogens is 1230 g/mol. The van der Waals surface area contributed by atoms with Crippen LogP contribution in [0.3, 0.4) is 0 Å². The Morgan fingerprint density at radius 3 is 1.64 bits per heavy atom. The quantitative estimate of drug-likeness (QED) is 0.0560. The average Bonchev–Trinajstić information content (AvgIpc) is 1.84. The Kier molecular flexibility index (Phi) is 14.9. The zero-order chi connectivity index (χ0) is 58.0. The van der Waals surface area contributed by atoms with Crippen molar-refractivity contribution in [1.82, 2.24) is 18.7 Å². The molecule has 0 atom stereocenters. The standard InChI is InChI=1S/C78H68N4OSi.Pt/c1-76(2,3)57-43-44-79-74(50-57)82-71-42-39-55(54-25-14-10-15-26-54)46-70(71)69-41-40-63(52-73(69)82)83-62-29-23-28-60(51-62)80-53-81(61-48-58(77(4,5)6)47-59(49-61)78(7,8)9)75-68(37-24-38-72(75)80)56-27-22-36-67(45-56)84(64-30-16-11-17-31-64,65-32-18-12-19-33-65)66-34-20-13-21-35-66;/h10-50H,1-9H3;/q;+2. The van der Waals surface area contributed by atoms with Gasteiger partial charge in [0.05, 0.1) is 5.56 Å². The molecule has 0 aliphatic carbocycles. The van der Waals surface area contributed by atoms with Crippen molar-refractivity contribution in [2.24, 2.45) is 0 Å². The molecule has 0 unspecified atom stereocenters. The average molecular weight is 1300 g/mol. The van der Waals surface area contributed by atoms with Crippen LogP contribution in [-0.2, 0) is 37.3 Å². The van der Waals surface area contributed by atoms with Crippen LogP contribution < -0.4 is 34.6 Å². The van der Waals surface area contributed by atoms with Gasteiger partial charge in [-0.3, -0.25) is 0 Å². The van der Waals surface area contributed by atoms with E-state index in [2.05, 4.69) is 319 Å². The van der Waals surface area contributed by atoms with E-state index in [0.717, 1.165) is 67.1 Å². The topological polar surface area (TPSA) is 33.1 Å². The fourth-order valence-electron chi connectivity index (χ4n) is 12.1. The predicted molar refractivity (Wildman–Crippen MR) is 354 cm³/mol. The minimum atomic E-state index is -2.87. The number of pyridine rings is 1. The van der Waals surface area contributed by atoms with Crippen LogP contribution in [0, 0.1) is 12.1 Å². The molecule has 0 radical (unpaired) electrons. The van der Waals surface area contributed by atoms with Crippen LogP contribution in [0.15, 0.2) is 249 Å². The van der Waals surface area contributed by atoms with Crippen molar-refractivity contribution in [1.29, 1.82) is 0 Å². The first-order valence-corrected chi connectivity index (χ1v) is 31.2. The molecule has 0 amide bonds. The van der Waals surface area contributed by atoms with E-state index in [1.807, 2.05) is 24.4 Å². The van der Waals surface area contributed by atoms with E-state index in [1.165, 1.54) is 43.0 Å². The van der Waals surface area contributed by atoms with Crippen LogP contribution in [0.5, 0.6) is 11.5 Å². The molecule has 1 aliphatic rings. The molecule has 2 aromatic heterocycles. The van der Waals surface area contributed by atoms with E-state index in [1.54, 1.807) is 0 Å². The van der Waals surface area contributed by atoms with Crippen molar-refractivity contribution in [3.8, 4) is 39.6 Å². The van der Waals surface area contributed by atoms with Crippen LogP contribution in [0.4, 0.5) is 22.7 Å². The van der Waals surface area contributed by atoms with Crippen molar-refractivity contribution < 1.29 is 25.8 Å². The maximum absolute atomic E-state index is 6.89. The second-order valence-corrected chi connectivity index (χ2v) is 29.1. The summed E-state index contributed by atoms with van der Waals surface area (Å²) in [4.78, 5) is 4.98. The molecule has 0 bridgehead atoms. The molecule has 85 heavy (non-hydrogen) atoms. The normalized spacial score (nSPS) is 12.6. The van der Waals surface area contributed by atoms with Gasteiger partial charge >= 0.3 is 32.8 Å². The molecule has 12 aromatic rings. The molecule has 0 saturated carbocycles. The van der Waals surface area contributed by atoms with E-state index >= 15 is 0 Å². The Morgan fingerprint density at radius 2 is 1.01 bits per heavy atom. The molecular formula is C78H68N4OPtSi+2. The summed E-state index contributed by atoms with van der Waals surface area (Å²) < 4.78 is 13.5. The second-order valence-electron chi connectivity index (χ2n) is 25.3. The number of nitrogens with zero attached hydrogens (tertiary/aromatic N) is 4. The van der Waals surface area contributed by atoms with Crippen LogP contribution in [0.2, 0.25) is 0 Å². The van der Waals surface area contributed by atoms with E-state index in [0.29, 0.717) is 11.5 Å². The summed E-state index contributed by atoms with van der Waals surface area (Å²) in [7, 11) is -2.87. The van der Waals surface area contributed by atoms with Crippen LogP contribution >= 0.6 is 0 Å². The SMILES string of the molecule is CC(C)(C)c1cc([N+]2=C=[N+](c3[c-]c(Oc4[c-]c5c(cc4)c4cc(-c6ccccc6)ccc4n5-c4cc(C(C)(C)C)ccn4)ccc3)c3cccc(-c4cccc([Si](c5ccccc5)(c5ccccc5)c5ccccc5)c4)c32)cc(C(C)(C)C)c1.[Pt+2]. The summed E-state index contributed by atoms with van der Waals surface area (Å²) in [6, 6.07) is 99.8. The first kappa shape index (κ1) is 56.7. The Bertz CT molecular complexity index is 4410. The molecule has 3 heterocycles. The largest absolute Gasteiger partial charge is 2.00 e. The number of hydrogen-bond acceptors (Lipinski definition) is 2. The van der Waals surface area contributed by atoms with Crippen LogP contribution in [0.1, 0.15) is 79.0 Å². The molecule has 0 fully saturated rings. The van der Waals surface area contributed by atoms with Crippen molar-refractivity contribution in [2.75, 3.05) is 0 Å². The van der Waals surface area contributed by atoms with Gasteiger partial charge in [0.2, 0.25) is 5.69 Å². The van der Waals surface area contributed by atoms with Gasteiger partial charge in [-0.05, 0) is 105 Å². The number of aromatic nitrogens is 2. The van der Waals surface area contributed by atoms with Gasteiger partial charge in [0.15, 0.2) is 8.07 Å². The zero-order valence-corrected chi connectivity index (χ0v) is 53.0. The third-order valence-corrected chi connectivity index (χ3v) is 21.4. The first-order valence-electron chi connectivity index (χ1n) is 29.2. The summed E-state index contributed by atoms with van der Waals surface area (Å²) in [5, 5.41) is 7.48. The van der Waals surface area contributed by atoms with E-state index in [4.69, 9.17) is 9.72 Å². The van der Waals surface area contributed by atoms with Gasteiger partial charge in [-0.15, -0.1) is 23.6 Å². The monoisotopic (exact) mass is 1300 g/mol. The summed E-state index contributed by atoms with van der Waals surface area (Å²) in [6.07, 6.45) is 1.92. The third-order valence-electron chi connectivity index (χ3n) is 16.6. The molecule has 0 spiro atoms. The Labute approximate surface area is 516 Å². The fourth-order valence-corrected chi connectivity index (χ4v) is 16.9. The van der Waals surface area contributed by atoms with Crippen molar-refractivity contribution >= 4 is 79.4 Å². The van der Waals surface area contributed by atoms with Gasteiger partial charge in [0, 0.05) is 41.4 Å². The summed E-state index contributed by atoms with van der Waals surface area (Å²) in [5.41, 5.74) is 13.8. The van der Waals surface area contributed by atoms with Gasteiger partial charge in [0.25, 0.3) is 5.69 Å². The molecule has 418 valence electrons. The maximum Gasteiger partial charge on any atom is 2.00 e. The smallest absolute Gasteiger partial charge is 0.509 e. The van der Waals surface area contributed by atoms with E-state index < -0.39 is 8.07 Å². The Balaban J connectivity index is 0.00000709. The van der Waals surface area contributed by atoms with Gasteiger partial charge in [-0.2, -0.15) is 12.1 Å². The molecule has 0 N–H and O–H groups in total. The molecule has 10 aromatic carbocycles. The summed E-state index contributed by atoms with van der Waals surface area (Å²) in [6.45, 7) is 20.5. The van der Waals surface area contributed by atoms with Gasteiger partial charge in [0.1, 0.15) is 11.5 Å². The Hall–Kier alpha value is -8.76. The minimum Gasteiger partial charge on any atom is -0.509 e. The minimum absolute atomic E-state index is 0. The van der Waals surface area contributed by atoms with Crippen molar-refractivity contribution in [3.05, 3.63) is 278 Å². The van der Waals surface area contributed by atoms with E-state index in [-0.39, 0.29) is 37.3 Å². The van der Waals surface area contributed by atoms with E-state index in [9.17, 15) is 0 Å². The zero-order valence-electron chi connectivity index (χ0n) is 49.7. The van der Waals surface area contributed by atoms with Gasteiger partial charge in [-0.1, -0.05) is 254 Å². The maximum atomic E-state index is 6.89. The number of hydrogen-bond donors (Lipinski definition) is 0. The predicted octanol–water partition coefficient (Wildman–Crippen LogP) is 17.0. The summed E-state index contributed by atoms with van der Waals surface area (Å²) in [5.74, 6) is 1.96. The van der Waals surface area contributed by atoms with Crippen molar-refractivity contribution in [3.63, 3.8) is 0 Å². The van der Waals surface area contributed by atoms with Gasteiger partial charge in [-0.25, -0.2) is 4.98 Å². The van der Waals surface area contributed by atoms with Gasteiger partial charge < -0.3 is 9.30 Å². The number of ether oxygens (including phenoxy) is 1.